The minimum Gasteiger partial charge on any atom is -0.320 e. The van der Waals surface area contributed by atoms with Crippen molar-refractivity contribution in [3.05, 3.63) is 23.2 Å². The molecule has 0 heterocycles. The summed E-state index contributed by atoms with van der Waals surface area (Å²) in [5.74, 6) is -8.25. The molecule has 12 heteroatoms. The first kappa shape index (κ1) is 17.9. The number of alkyl halides is 5. The Morgan fingerprint density at radius 3 is 2.05 bits per heavy atom. The van der Waals surface area contributed by atoms with Crippen molar-refractivity contribution >= 4 is 42.9 Å². The van der Waals surface area contributed by atoms with Gasteiger partial charge in [-0.1, -0.05) is 11.6 Å². The lowest BCUT2D eigenvalue weighted by Crippen LogP contribution is -2.47. The van der Waals surface area contributed by atoms with E-state index in [4.69, 9.17) is 22.3 Å². The van der Waals surface area contributed by atoms with Crippen LogP contribution in [-0.2, 0) is 13.8 Å². The average Bonchev–Trinajstić information content (AvgIpc) is 2.25. The number of carbonyl (C=O) groups excluding carboxylic acids is 1. The van der Waals surface area contributed by atoms with E-state index in [1.807, 2.05) is 0 Å². The van der Waals surface area contributed by atoms with Gasteiger partial charge in [0, 0.05) is 16.4 Å². The smallest absolute Gasteiger partial charge is 0.320 e. The van der Waals surface area contributed by atoms with Gasteiger partial charge in [0.15, 0.2) is 0 Å². The molecule has 0 spiro atoms. The van der Waals surface area contributed by atoms with E-state index in [-0.39, 0.29) is 0 Å². The second kappa shape index (κ2) is 5.58. The fourth-order valence-electron chi connectivity index (χ4n) is 1.11. The van der Waals surface area contributed by atoms with Crippen molar-refractivity contribution in [1.29, 1.82) is 0 Å². The molecule has 1 rings (SSSR count). The molecule has 4 nitrogen and oxygen atoms in total. The number of nitrogens with one attached hydrogen (secondary N) is 1. The Balaban J connectivity index is 3.06. The lowest BCUT2D eigenvalue weighted by molar-refractivity contribution is -0.267. The van der Waals surface area contributed by atoms with Crippen LogP contribution in [-0.4, -0.2) is 26.4 Å². The topological polar surface area (TPSA) is 63.2 Å². The van der Waals surface area contributed by atoms with Gasteiger partial charge >= 0.3 is 18.0 Å². The van der Waals surface area contributed by atoms with Crippen molar-refractivity contribution in [1.82, 2.24) is 0 Å². The molecule has 0 bridgehead atoms. The number of hydrogen-bond acceptors (Lipinski definition) is 3. The fraction of sp³-hybridized carbons (Fsp3) is 0.222. The summed E-state index contributed by atoms with van der Waals surface area (Å²) in [7, 11) is 0.755. The van der Waals surface area contributed by atoms with Gasteiger partial charge in [0.1, 0.15) is 4.90 Å². The Bertz CT molecular complexity index is 674. The molecule has 0 saturated heterocycles. The van der Waals surface area contributed by atoms with Gasteiger partial charge in [-0.15, -0.1) is 0 Å². The molecule has 1 N–H and O–H groups in total. The first-order valence-electron chi connectivity index (χ1n) is 4.77. The second-order valence-electron chi connectivity index (χ2n) is 3.61. The summed E-state index contributed by atoms with van der Waals surface area (Å²) in [5.41, 5.74) is -0.557. The van der Waals surface area contributed by atoms with Crippen LogP contribution in [0.5, 0.6) is 0 Å². The van der Waals surface area contributed by atoms with Crippen LogP contribution < -0.4 is 5.32 Å². The average molecular weight is 372 g/mol. The third-order valence-corrected chi connectivity index (χ3v) is 3.90. The first-order chi connectivity index (χ1) is 9.26. The number of halogens is 7. The van der Waals surface area contributed by atoms with E-state index in [0.717, 1.165) is 12.1 Å². The molecule has 0 aliphatic carbocycles. The predicted molar refractivity (Wildman–Crippen MR) is 64.1 cm³/mol. The normalized spacial score (nSPS) is 13.1. The number of anilines is 1. The molecule has 1 aromatic carbocycles. The Morgan fingerprint density at radius 2 is 1.67 bits per heavy atom. The van der Waals surface area contributed by atoms with Gasteiger partial charge in [-0.05, 0) is 18.2 Å². The van der Waals surface area contributed by atoms with Crippen molar-refractivity contribution in [3.8, 4) is 0 Å². The highest BCUT2D eigenvalue weighted by Gasteiger charge is 2.63. The summed E-state index contributed by atoms with van der Waals surface area (Å²) in [6.45, 7) is 0. The number of carbonyl (C=O) groups is 1. The highest BCUT2D eigenvalue weighted by molar-refractivity contribution is 8.13. The molecule has 0 aliphatic heterocycles. The van der Waals surface area contributed by atoms with Crippen LogP contribution in [0.15, 0.2) is 23.1 Å². The Kier molecular flexibility index (Phi) is 4.76. The zero-order valence-corrected chi connectivity index (χ0v) is 11.8. The number of benzene rings is 1. The lowest BCUT2D eigenvalue weighted by atomic mass is 10.2. The van der Waals surface area contributed by atoms with Crippen LogP contribution >= 0.6 is 22.3 Å². The first-order valence-corrected chi connectivity index (χ1v) is 7.46. The largest absolute Gasteiger partial charge is 0.463 e. The van der Waals surface area contributed by atoms with Crippen molar-refractivity contribution in [2.75, 3.05) is 5.32 Å². The number of hydrogen-bond donors (Lipinski definition) is 1. The molecular formula is C9H4Cl2F5NO3S. The van der Waals surface area contributed by atoms with E-state index >= 15 is 0 Å². The monoisotopic (exact) mass is 371 g/mol. The van der Waals surface area contributed by atoms with Gasteiger partial charge in [0.05, 0.1) is 5.02 Å². The maximum Gasteiger partial charge on any atom is 0.463 e. The standard InChI is InChI=1S/C9H4Cl2F5NO3S/c10-5-3-4(1-2-6(5)21(11,19)20)17-7(18)8(12,13)9(14,15)16/h1-3H,(H,17,18). The van der Waals surface area contributed by atoms with Crippen molar-refractivity contribution < 1.29 is 35.2 Å². The minimum absolute atomic E-state index is 0.557. The third kappa shape index (κ3) is 3.95. The van der Waals surface area contributed by atoms with Gasteiger partial charge in [-0.25, -0.2) is 8.42 Å². The molecule has 1 aromatic rings. The molecule has 21 heavy (non-hydrogen) atoms. The summed E-state index contributed by atoms with van der Waals surface area (Å²) in [5, 5.41) is 0.720. The fourth-order valence-corrected chi connectivity index (χ4v) is 2.64. The molecule has 118 valence electrons. The highest BCUT2D eigenvalue weighted by Crippen LogP contribution is 2.36. The Hall–Kier alpha value is -1.13. The molecule has 0 atom stereocenters. The van der Waals surface area contributed by atoms with Crippen molar-refractivity contribution in [2.24, 2.45) is 0 Å². The predicted octanol–water partition coefficient (Wildman–Crippen LogP) is 3.40. The van der Waals surface area contributed by atoms with E-state index in [1.54, 1.807) is 0 Å². The third-order valence-electron chi connectivity index (χ3n) is 2.09. The summed E-state index contributed by atoms with van der Waals surface area (Å²) in [6, 6.07) is 2.17. The molecule has 0 aliphatic rings. The Labute approximate surface area is 124 Å². The Morgan fingerprint density at radius 1 is 1.14 bits per heavy atom. The van der Waals surface area contributed by atoms with Crippen LogP contribution in [0.25, 0.3) is 0 Å². The van der Waals surface area contributed by atoms with Crippen LogP contribution in [0.2, 0.25) is 5.02 Å². The lowest BCUT2D eigenvalue weighted by Gasteiger charge is -2.18. The van der Waals surface area contributed by atoms with Gasteiger partial charge in [-0.3, -0.25) is 4.79 Å². The molecule has 0 fully saturated rings. The maximum atomic E-state index is 12.7. The van der Waals surface area contributed by atoms with Gasteiger partial charge < -0.3 is 5.32 Å². The molecule has 1 amide bonds. The molecule has 0 saturated carbocycles. The zero-order valence-electron chi connectivity index (χ0n) is 9.51. The van der Waals surface area contributed by atoms with Crippen LogP contribution in [0, 0.1) is 0 Å². The summed E-state index contributed by atoms with van der Waals surface area (Å²) in [6.07, 6.45) is -6.07. The van der Waals surface area contributed by atoms with Gasteiger partial charge in [0.25, 0.3) is 9.05 Å². The quantitative estimate of drug-likeness (QED) is 0.654. The summed E-state index contributed by atoms with van der Waals surface area (Å²) in [4.78, 5) is 10.3. The van der Waals surface area contributed by atoms with E-state index in [2.05, 4.69) is 0 Å². The SMILES string of the molecule is O=C(Nc1ccc(S(=O)(=O)Cl)c(Cl)c1)C(F)(F)C(F)(F)F. The van der Waals surface area contributed by atoms with Gasteiger partial charge in [-0.2, -0.15) is 22.0 Å². The summed E-state index contributed by atoms with van der Waals surface area (Å²) >= 11 is 5.48. The van der Waals surface area contributed by atoms with Gasteiger partial charge in [0.2, 0.25) is 0 Å². The van der Waals surface area contributed by atoms with E-state index < -0.39 is 42.7 Å². The van der Waals surface area contributed by atoms with Crippen LogP contribution in [0.1, 0.15) is 0 Å². The number of rotatable bonds is 3. The minimum atomic E-state index is -6.07. The van der Waals surface area contributed by atoms with Crippen LogP contribution in [0.4, 0.5) is 27.6 Å². The van der Waals surface area contributed by atoms with Crippen LogP contribution in [0.3, 0.4) is 0 Å². The molecule has 0 radical (unpaired) electrons. The van der Waals surface area contributed by atoms with E-state index in [9.17, 15) is 35.2 Å². The molecular weight excluding hydrogens is 368 g/mol. The van der Waals surface area contributed by atoms with E-state index in [0.29, 0.717) is 6.07 Å². The zero-order chi connectivity index (χ0) is 16.6. The molecule has 0 aromatic heterocycles. The number of amides is 1. The highest BCUT2D eigenvalue weighted by atomic mass is 35.7. The van der Waals surface area contributed by atoms with E-state index in [1.165, 1.54) is 5.32 Å². The molecule has 0 unspecified atom stereocenters. The van der Waals surface area contributed by atoms with Crippen molar-refractivity contribution in [3.63, 3.8) is 0 Å². The second-order valence-corrected chi connectivity index (χ2v) is 6.55. The summed E-state index contributed by atoms with van der Waals surface area (Å²) < 4.78 is 83.2. The maximum absolute atomic E-state index is 12.7. The van der Waals surface area contributed by atoms with Crippen molar-refractivity contribution in [2.45, 2.75) is 17.0 Å².